The molecule has 0 aromatic carbocycles. The Bertz CT molecular complexity index is 444. The standard InChI is InChI=1S/C10H14N4S/c1-3-14-10(9(11)7(2)13-14)12-8-4-5-15-6-8/h4-6,12H,3,11H2,1-2H3. The molecule has 0 aliphatic heterocycles. The summed E-state index contributed by atoms with van der Waals surface area (Å²) >= 11 is 1.65. The summed E-state index contributed by atoms with van der Waals surface area (Å²) in [6.45, 7) is 4.77. The zero-order valence-electron chi connectivity index (χ0n) is 8.82. The van der Waals surface area contributed by atoms with Crippen LogP contribution < -0.4 is 11.1 Å². The lowest BCUT2D eigenvalue weighted by molar-refractivity contribution is 0.661. The van der Waals surface area contributed by atoms with E-state index in [0.29, 0.717) is 0 Å². The molecule has 80 valence electrons. The quantitative estimate of drug-likeness (QED) is 0.839. The van der Waals surface area contributed by atoms with Gasteiger partial charge in [0.15, 0.2) is 5.82 Å². The molecule has 0 unspecified atom stereocenters. The summed E-state index contributed by atoms with van der Waals surface area (Å²) < 4.78 is 1.88. The highest BCUT2D eigenvalue weighted by Crippen LogP contribution is 2.26. The molecule has 0 aliphatic rings. The number of anilines is 3. The molecule has 3 N–H and O–H groups in total. The van der Waals surface area contributed by atoms with Crippen LogP contribution in [0.25, 0.3) is 0 Å². The molecule has 0 saturated heterocycles. The smallest absolute Gasteiger partial charge is 0.152 e. The van der Waals surface area contributed by atoms with Gasteiger partial charge in [0, 0.05) is 11.9 Å². The fraction of sp³-hybridized carbons (Fsp3) is 0.300. The van der Waals surface area contributed by atoms with Gasteiger partial charge >= 0.3 is 0 Å². The van der Waals surface area contributed by atoms with E-state index in [1.807, 2.05) is 35.4 Å². The number of aryl methyl sites for hydroxylation is 2. The monoisotopic (exact) mass is 222 g/mol. The van der Waals surface area contributed by atoms with Gasteiger partial charge in [0.1, 0.15) is 0 Å². The van der Waals surface area contributed by atoms with Gasteiger partial charge in [-0.25, -0.2) is 4.68 Å². The zero-order chi connectivity index (χ0) is 10.8. The van der Waals surface area contributed by atoms with Crippen LogP contribution in [0.3, 0.4) is 0 Å². The third-order valence-electron chi connectivity index (χ3n) is 2.26. The summed E-state index contributed by atoms with van der Waals surface area (Å²) in [5.41, 5.74) is 8.60. The van der Waals surface area contributed by atoms with Crippen molar-refractivity contribution in [2.75, 3.05) is 11.1 Å². The maximum atomic E-state index is 5.95. The maximum absolute atomic E-state index is 5.95. The second-order valence-corrected chi connectivity index (χ2v) is 4.08. The number of hydrogen-bond donors (Lipinski definition) is 2. The maximum Gasteiger partial charge on any atom is 0.152 e. The third kappa shape index (κ3) is 1.83. The van der Waals surface area contributed by atoms with Crippen molar-refractivity contribution in [1.29, 1.82) is 0 Å². The number of nitrogens with two attached hydrogens (primary N) is 1. The number of rotatable bonds is 3. The minimum Gasteiger partial charge on any atom is -0.394 e. The molecule has 0 fully saturated rings. The lowest BCUT2D eigenvalue weighted by Crippen LogP contribution is -2.03. The predicted molar refractivity (Wildman–Crippen MR) is 64.7 cm³/mol. The first-order chi connectivity index (χ1) is 7.22. The molecular formula is C10H14N4S. The first-order valence-electron chi connectivity index (χ1n) is 4.84. The summed E-state index contributed by atoms with van der Waals surface area (Å²) in [5, 5.41) is 11.7. The average Bonchev–Trinajstić information content (AvgIpc) is 2.82. The predicted octanol–water partition coefficient (Wildman–Crippen LogP) is 2.60. The van der Waals surface area contributed by atoms with Crippen molar-refractivity contribution in [2.45, 2.75) is 20.4 Å². The number of nitrogens with zero attached hydrogens (tertiary/aromatic N) is 2. The van der Waals surface area contributed by atoms with Crippen LogP contribution in [0.2, 0.25) is 0 Å². The molecule has 15 heavy (non-hydrogen) atoms. The largest absolute Gasteiger partial charge is 0.394 e. The van der Waals surface area contributed by atoms with Crippen LogP contribution in [0.1, 0.15) is 12.6 Å². The normalized spacial score (nSPS) is 10.5. The van der Waals surface area contributed by atoms with Gasteiger partial charge in [-0.3, -0.25) is 0 Å². The Balaban J connectivity index is 2.34. The van der Waals surface area contributed by atoms with E-state index in [2.05, 4.69) is 10.4 Å². The summed E-state index contributed by atoms with van der Waals surface area (Å²) in [4.78, 5) is 0. The molecule has 0 amide bonds. The van der Waals surface area contributed by atoms with Gasteiger partial charge in [0.25, 0.3) is 0 Å². The lowest BCUT2D eigenvalue weighted by Gasteiger charge is -2.06. The molecule has 0 radical (unpaired) electrons. The lowest BCUT2D eigenvalue weighted by atomic mass is 10.4. The van der Waals surface area contributed by atoms with Crippen LogP contribution in [0, 0.1) is 6.92 Å². The molecule has 0 spiro atoms. The van der Waals surface area contributed by atoms with E-state index in [4.69, 9.17) is 5.73 Å². The molecule has 0 aliphatic carbocycles. The van der Waals surface area contributed by atoms with Crippen molar-refractivity contribution < 1.29 is 0 Å². The molecule has 2 rings (SSSR count). The molecule has 4 nitrogen and oxygen atoms in total. The minimum absolute atomic E-state index is 0.725. The Labute approximate surface area is 92.7 Å². The van der Waals surface area contributed by atoms with E-state index < -0.39 is 0 Å². The summed E-state index contributed by atoms with van der Waals surface area (Å²) in [5.74, 6) is 0.883. The number of hydrogen-bond acceptors (Lipinski definition) is 4. The van der Waals surface area contributed by atoms with Gasteiger partial charge < -0.3 is 11.1 Å². The van der Waals surface area contributed by atoms with Crippen molar-refractivity contribution in [3.63, 3.8) is 0 Å². The Morgan fingerprint density at radius 2 is 2.40 bits per heavy atom. The zero-order valence-corrected chi connectivity index (χ0v) is 9.64. The third-order valence-corrected chi connectivity index (χ3v) is 2.94. The summed E-state index contributed by atoms with van der Waals surface area (Å²) in [6, 6.07) is 2.02. The van der Waals surface area contributed by atoms with Gasteiger partial charge in [-0.05, 0) is 25.3 Å². The van der Waals surface area contributed by atoms with E-state index in [1.54, 1.807) is 11.3 Å². The van der Waals surface area contributed by atoms with Gasteiger partial charge in [-0.2, -0.15) is 16.4 Å². The van der Waals surface area contributed by atoms with Crippen LogP contribution in [-0.2, 0) is 6.54 Å². The molecule has 2 heterocycles. The fourth-order valence-electron chi connectivity index (χ4n) is 1.43. The molecule has 2 aromatic rings. The molecule has 0 saturated carbocycles. The number of aromatic nitrogens is 2. The van der Waals surface area contributed by atoms with Crippen molar-refractivity contribution in [3.8, 4) is 0 Å². The van der Waals surface area contributed by atoms with Gasteiger partial charge in [0.05, 0.1) is 17.1 Å². The van der Waals surface area contributed by atoms with Crippen LogP contribution in [0.5, 0.6) is 0 Å². The second-order valence-electron chi connectivity index (χ2n) is 3.30. The van der Waals surface area contributed by atoms with Crippen LogP contribution >= 0.6 is 11.3 Å². The Morgan fingerprint density at radius 1 is 1.60 bits per heavy atom. The van der Waals surface area contributed by atoms with Crippen molar-refractivity contribution in [2.24, 2.45) is 0 Å². The van der Waals surface area contributed by atoms with Crippen LogP contribution in [-0.4, -0.2) is 9.78 Å². The van der Waals surface area contributed by atoms with E-state index in [9.17, 15) is 0 Å². The average molecular weight is 222 g/mol. The Hall–Kier alpha value is -1.49. The molecule has 0 bridgehead atoms. The Morgan fingerprint density at radius 3 is 3.00 bits per heavy atom. The number of thiophene rings is 1. The highest BCUT2D eigenvalue weighted by molar-refractivity contribution is 7.08. The van der Waals surface area contributed by atoms with Crippen molar-refractivity contribution in [1.82, 2.24) is 9.78 Å². The molecule has 0 atom stereocenters. The Kier molecular flexibility index (Phi) is 2.64. The minimum atomic E-state index is 0.725. The fourth-order valence-corrected chi connectivity index (χ4v) is 2.02. The van der Waals surface area contributed by atoms with Crippen molar-refractivity contribution in [3.05, 3.63) is 22.5 Å². The highest BCUT2D eigenvalue weighted by Gasteiger charge is 2.11. The summed E-state index contributed by atoms with van der Waals surface area (Å²) in [7, 11) is 0. The first kappa shape index (κ1) is 10.0. The topological polar surface area (TPSA) is 55.9 Å². The second kappa shape index (κ2) is 3.94. The van der Waals surface area contributed by atoms with E-state index in [0.717, 1.165) is 29.4 Å². The van der Waals surface area contributed by atoms with Gasteiger partial charge in [0.2, 0.25) is 0 Å². The molecular weight excluding hydrogens is 208 g/mol. The van der Waals surface area contributed by atoms with Gasteiger partial charge in [-0.1, -0.05) is 0 Å². The van der Waals surface area contributed by atoms with E-state index in [-0.39, 0.29) is 0 Å². The number of nitrogens with one attached hydrogen (secondary N) is 1. The first-order valence-corrected chi connectivity index (χ1v) is 5.78. The van der Waals surface area contributed by atoms with E-state index in [1.165, 1.54) is 0 Å². The highest BCUT2D eigenvalue weighted by atomic mass is 32.1. The number of nitrogen functional groups attached to an aromatic ring is 1. The molecule has 5 heteroatoms. The van der Waals surface area contributed by atoms with Crippen LogP contribution in [0.4, 0.5) is 17.2 Å². The van der Waals surface area contributed by atoms with Crippen LogP contribution in [0.15, 0.2) is 16.8 Å². The molecule has 2 aromatic heterocycles. The van der Waals surface area contributed by atoms with Crippen molar-refractivity contribution >= 4 is 28.5 Å². The van der Waals surface area contributed by atoms with Gasteiger partial charge in [-0.15, -0.1) is 0 Å². The van der Waals surface area contributed by atoms with E-state index >= 15 is 0 Å². The SMILES string of the molecule is CCn1nc(C)c(N)c1Nc1ccsc1. The summed E-state index contributed by atoms with van der Waals surface area (Å²) in [6.07, 6.45) is 0.